The van der Waals surface area contributed by atoms with Gasteiger partial charge in [-0.2, -0.15) is 0 Å². The van der Waals surface area contributed by atoms with Gasteiger partial charge in [0.15, 0.2) is 0 Å². The van der Waals surface area contributed by atoms with E-state index in [1.54, 1.807) is 0 Å². The lowest BCUT2D eigenvalue weighted by molar-refractivity contribution is -0.384. The molecule has 7 nitrogen and oxygen atoms in total. The predicted octanol–water partition coefficient (Wildman–Crippen LogP) is 3.40. The van der Waals surface area contributed by atoms with E-state index in [9.17, 15) is 24.8 Å². The molecule has 2 amide bonds. The first-order valence-electron chi connectivity index (χ1n) is 6.51. The lowest BCUT2D eigenvalue weighted by Crippen LogP contribution is -2.33. The maximum absolute atomic E-state index is 12.5. The third-order valence-electron chi connectivity index (χ3n) is 3.64. The van der Waals surface area contributed by atoms with Crippen LogP contribution >= 0.6 is 11.6 Å². The minimum absolute atomic E-state index is 0.111. The van der Waals surface area contributed by atoms with Gasteiger partial charge in [-0.25, -0.2) is 9.69 Å². The summed E-state index contributed by atoms with van der Waals surface area (Å²) in [7, 11) is 0. The van der Waals surface area contributed by atoms with Crippen molar-refractivity contribution in [2.75, 3.05) is 4.90 Å². The molecule has 0 aromatic heterocycles. The largest absolute Gasteiger partial charge is 0.464 e. The first-order chi connectivity index (χ1) is 10.9. The van der Waals surface area contributed by atoms with Gasteiger partial charge in [-0.05, 0) is 29.3 Å². The molecule has 1 aliphatic heterocycles. The quantitative estimate of drug-likeness (QED) is 0.671. The van der Waals surface area contributed by atoms with Crippen LogP contribution in [-0.4, -0.2) is 22.0 Å². The molecule has 1 atom stereocenters. The van der Waals surface area contributed by atoms with Crippen molar-refractivity contribution in [2.24, 2.45) is 0 Å². The maximum Gasteiger partial charge on any atom is 0.418 e. The van der Waals surface area contributed by atoms with Crippen molar-refractivity contribution < 1.29 is 19.6 Å². The van der Waals surface area contributed by atoms with Gasteiger partial charge in [-0.15, -0.1) is 0 Å². The second kappa shape index (κ2) is 5.36. The Labute approximate surface area is 134 Å². The number of halogens is 1. The highest BCUT2D eigenvalue weighted by atomic mass is 35.5. The minimum Gasteiger partial charge on any atom is -0.464 e. The van der Waals surface area contributed by atoms with Gasteiger partial charge >= 0.3 is 6.09 Å². The summed E-state index contributed by atoms with van der Waals surface area (Å²) in [5.41, 5.74) is 1.06. The summed E-state index contributed by atoms with van der Waals surface area (Å²) in [6.07, 6.45) is -1.39. The number of non-ortho nitro benzene ring substituents is 1. The molecule has 116 valence electrons. The number of imide groups is 1. The molecular weight excluding hydrogens is 324 g/mol. The van der Waals surface area contributed by atoms with E-state index in [2.05, 4.69) is 0 Å². The molecule has 2 aromatic carbocycles. The van der Waals surface area contributed by atoms with Gasteiger partial charge < -0.3 is 5.11 Å². The van der Waals surface area contributed by atoms with E-state index in [0.717, 1.165) is 0 Å². The smallest absolute Gasteiger partial charge is 0.418 e. The van der Waals surface area contributed by atoms with Crippen molar-refractivity contribution in [3.8, 4) is 0 Å². The van der Waals surface area contributed by atoms with E-state index < -0.39 is 22.8 Å². The van der Waals surface area contributed by atoms with Crippen LogP contribution in [0.2, 0.25) is 5.02 Å². The molecule has 0 radical (unpaired) electrons. The van der Waals surface area contributed by atoms with E-state index in [4.69, 9.17) is 11.6 Å². The Morgan fingerprint density at radius 1 is 1.22 bits per heavy atom. The Kier molecular flexibility index (Phi) is 3.49. The fourth-order valence-corrected chi connectivity index (χ4v) is 2.83. The minimum atomic E-state index is -1.39. The lowest BCUT2D eigenvalue weighted by Gasteiger charge is -2.11. The summed E-state index contributed by atoms with van der Waals surface area (Å²) in [4.78, 5) is 34.7. The van der Waals surface area contributed by atoms with Crippen LogP contribution in [0.5, 0.6) is 0 Å². The lowest BCUT2D eigenvalue weighted by atomic mass is 9.92. The molecule has 2 aromatic rings. The molecule has 1 unspecified atom stereocenters. The van der Waals surface area contributed by atoms with Crippen molar-refractivity contribution in [3.63, 3.8) is 0 Å². The molecule has 23 heavy (non-hydrogen) atoms. The fourth-order valence-electron chi connectivity index (χ4n) is 2.65. The van der Waals surface area contributed by atoms with Crippen LogP contribution in [0.1, 0.15) is 17.0 Å². The Morgan fingerprint density at radius 2 is 1.87 bits per heavy atom. The SMILES string of the molecule is O=C(O)N1C(=O)C(c2ccc([N+](=O)[O-])cc2)c2cc(Cl)ccc21. The molecule has 1 heterocycles. The average molecular weight is 333 g/mol. The predicted molar refractivity (Wildman–Crippen MR) is 81.9 cm³/mol. The van der Waals surface area contributed by atoms with Crippen molar-refractivity contribution in [1.29, 1.82) is 0 Å². The zero-order valence-electron chi connectivity index (χ0n) is 11.5. The van der Waals surface area contributed by atoms with Gasteiger partial charge in [0.2, 0.25) is 5.91 Å². The van der Waals surface area contributed by atoms with E-state index in [1.807, 2.05) is 0 Å². The second-order valence-electron chi connectivity index (χ2n) is 4.94. The van der Waals surface area contributed by atoms with E-state index in [-0.39, 0.29) is 11.4 Å². The number of carbonyl (C=O) groups excluding carboxylic acids is 1. The third kappa shape index (κ3) is 2.40. The maximum atomic E-state index is 12.5. The zero-order chi connectivity index (χ0) is 16.7. The molecule has 8 heteroatoms. The highest BCUT2D eigenvalue weighted by Gasteiger charge is 2.41. The van der Waals surface area contributed by atoms with Crippen LogP contribution in [0.3, 0.4) is 0 Å². The van der Waals surface area contributed by atoms with Crippen LogP contribution in [0, 0.1) is 10.1 Å². The summed E-state index contributed by atoms with van der Waals surface area (Å²) < 4.78 is 0. The highest BCUT2D eigenvalue weighted by Crippen LogP contribution is 2.42. The number of nitro benzene ring substituents is 1. The number of nitro groups is 1. The van der Waals surface area contributed by atoms with Crippen LogP contribution in [0.4, 0.5) is 16.2 Å². The van der Waals surface area contributed by atoms with E-state index in [0.29, 0.717) is 21.0 Å². The Morgan fingerprint density at radius 3 is 2.43 bits per heavy atom. The van der Waals surface area contributed by atoms with Crippen LogP contribution in [0.25, 0.3) is 0 Å². The molecule has 0 bridgehead atoms. The molecule has 0 saturated heterocycles. The number of hydrogen-bond acceptors (Lipinski definition) is 4. The summed E-state index contributed by atoms with van der Waals surface area (Å²) in [5, 5.41) is 20.4. The first-order valence-corrected chi connectivity index (χ1v) is 6.88. The number of benzene rings is 2. The molecule has 1 N–H and O–H groups in total. The molecule has 0 saturated carbocycles. The molecule has 0 spiro atoms. The van der Waals surface area contributed by atoms with Gasteiger partial charge in [-0.3, -0.25) is 14.9 Å². The van der Waals surface area contributed by atoms with Gasteiger partial charge in [-0.1, -0.05) is 23.7 Å². The Bertz CT molecular complexity index is 834. The number of amides is 2. The Hall–Kier alpha value is -2.93. The average Bonchev–Trinajstić information content (AvgIpc) is 2.78. The zero-order valence-corrected chi connectivity index (χ0v) is 12.2. The molecular formula is C15H9ClN2O5. The van der Waals surface area contributed by atoms with Gasteiger partial charge in [0.25, 0.3) is 5.69 Å². The highest BCUT2D eigenvalue weighted by molar-refractivity contribution is 6.31. The first kappa shape index (κ1) is 15.0. The molecule has 0 fully saturated rings. The van der Waals surface area contributed by atoms with E-state index >= 15 is 0 Å². The summed E-state index contributed by atoms with van der Waals surface area (Å²) in [6, 6.07) is 9.93. The Balaban J connectivity index is 2.12. The number of hydrogen-bond donors (Lipinski definition) is 1. The topological polar surface area (TPSA) is 101 Å². The van der Waals surface area contributed by atoms with Crippen molar-refractivity contribution in [1.82, 2.24) is 0 Å². The van der Waals surface area contributed by atoms with Crippen molar-refractivity contribution >= 4 is 35.0 Å². The second-order valence-corrected chi connectivity index (χ2v) is 5.38. The third-order valence-corrected chi connectivity index (χ3v) is 3.87. The fraction of sp³-hybridized carbons (Fsp3) is 0.0667. The molecule has 1 aliphatic rings. The van der Waals surface area contributed by atoms with Crippen LogP contribution < -0.4 is 4.90 Å². The number of anilines is 1. The van der Waals surface area contributed by atoms with E-state index in [1.165, 1.54) is 42.5 Å². The number of carbonyl (C=O) groups is 2. The summed E-state index contributed by atoms with van der Waals surface area (Å²) in [5.74, 6) is -1.50. The molecule has 0 aliphatic carbocycles. The van der Waals surface area contributed by atoms with Crippen LogP contribution in [0.15, 0.2) is 42.5 Å². The van der Waals surface area contributed by atoms with Gasteiger partial charge in [0, 0.05) is 17.2 Å². The number of carboxylic acid groups (broad SMARTS) is 1. The standard InChI is InChI=1S/C15H9ClN2O5/c16-9-3-6-12-11(7-9)13(14(19)17(12)15(20)21)8-1-4-10(5-2-8)18(22)23/h1-7,13H,(H,20,21). The number of fused-ring (bicyclic) bond motifs is 1. The molecule has 3 rings (SSSR count). The number of nitrogens with zero attached hydrogens (tertiary/aromatic N) is 2. The van der Waals surface area contributed by atoms with Gasteiger partial charge in [0.05, 0.1) is 16.5 Å². The summed E-state index contributed by atoms with van der Waals surface area (Å²) >= 11 is 5.95. The monoisotopic (exact) mass is 332 g/mol. The van der Waals surface area contributed by atoms with Crippen LogP contribution in [-0.2, 0) is 4.79 Å². The normalized spacial score (nSPS) is 16.3. The summed E-state index contributed by atoms with van der Waals surface area (Å²) in [6.45, 7) is 0. The number of rotatable bonds is 2. The van der Waals surface area contributed by atoms with Gasteiger partial charge in [0.1, 0.15) is 0 Å². The van der Waals surface area contributed by atoms with Crippen molar-refractivity contribution in [3.05, 3.63) is 68.7 Å². The van der Waals surface area contributed by atoms with Crippen molar-refractivity contribution in [2.45, 2.75) is 5.92 Å².